The van der Waals surface area contributed by atoms with Crippen LogP contribution in [0.5, 0.6) is 5.75 Å². The maximum atomic E-state index is 6.11. The average molecular weight is 325 g/mol. The van der Waals surface area contributed by atoms with E-state index in [4.69, 9.17) is 10.5 Å². The fraction of sp³-hybridized carbons (Fsp3) is 0.400. The molecule has 4 nitrogen and oxygen atoms in total. The first kappa shape index (κ1) is 16.8. The van der Waals surface area contributed by atoms with Crippen molar-refractivity contribution in [3.05, 3.63) is 59.7 Å². The first-order valence-corrected chi connectivity index (χ1v) is 8.66. The number of ether oxygens (including phenoxy) is 1. The van der Waals surface area contributed by atoms with Crippen molar-refractivity contribution in [2.75, 3.05) is 5.73 Å². The van der Waals surface area contributed by atoms with Crippen LogP contribution in [0.3, 0.4) is 0 Å². The lowest BCUT2D eigenvalue weighted by atomic mass is 9.99. The number of nitrogens with one attached hydrogen (secondary N) is 2. The SMILES string of the molecule is CC(C)c1ccc(OC(C)C2CC(c3ccc(N)cc3)NN2)cc1. The Morgan fingerprint density at radius 1 is 0.958 bits per heavy atom. The summed E-state index contributed by atoms with van der Waals surface area (Å²) in [6, 6.07) is 17.0. The third-order valence-corrected chi connectivity index (χ3v) is 4.71. The Bertz CT molecular complexity index is 652. The summed E-state index contributed by atoms with van der Waals surface area (Å²) in [6.45, 7) is 6.51. The van der Waals surface area contributed by atoms with Gasteiger partial charge in [-0.15, -0.1) is 0 Å². The minimum atomic E-state index is 0.0844. The highest BCUT2D eigenvalue weighted by Crippen LogP contribution is 2.26. The molecular weight excluding hydrogens is 298 g/mol. The number of hydrazine groups is 1. The van der Waals surface area contributed by atoms with E-state index < -0.39 is 0 Å². The number of benzene rings is 2. The predicted molar refractivity (Wildman–Crippen MR) is 98.9 cm³/mol. The summed E-state index contributed by atoms with van der Waals surface area (Å²) < 4.78 is 6.11. The lowest BCUT2D eigenvalue weighted by Crippen LogP contribution is -2.40. The van der Waals surface area contributed by atoms with Gasteiger partial charge in [-0.25, -0.2) is 5.43 Å². The van der Waals surface area contributed by atoms with Crippen molar-refractivity contribution in [1.82, 2.24) is 10.9 Å². The molecule has 0 aliphatic carbocycles. The molecule has 0 bridgehead atoms. The summed E-state index contributed by atoms with van der Waals surface area (Å²) in [5.74, 6) is 1.46. The lowest BCUT2D eigenvalue weighted by molar-refractivity contribution is 0.176. The van der Waals surface area contributed by atoms with Crippen LogP contribution >= 0.6 is 0 Å². The summed E-state index contributed by atoms with van der Waals surface area (Å²) in [5, 5.41) is 0. The third-order valence-electron chi connectivity index (χ3n) is 4.71. The van der Waals surface area contributed by atoms with E-state index in [0.29, 0.717) is 5.92 Å². The van der Waals surface area contributed by atoms with Crippen molar-refractivity contribution in [3.63, 3.8) is 0 Å². The molecule has 1 fully saturated rings. The van der Waals surface area contributed by atoms with Crippen LogP contribution in [0.15, 0.2) is 48.5 Å². The molecule has 0 amide bonds. The zero-order valence-electron chi connectivity index (χ0n) is 14.6. The van der Waals surface area contributed by atoms with Gasteiger partial charge in [0.1, 0.15) is 11.9 Å². The Labute approximate surface area is 144 Å². The highest BCUT2D eigenvalue weighted by atomic mass is 16.5. The zero-order chi connectivity index (χ0) is 17.1. The van der Waals surface area contributed by atoms with Gasteiger partial charge in [-0.1, -0.05) is 38.1 Å². The summed E-state index contributed by atoms with van der Waals surface area (Å²) in [4.78, 5) is 0. The molecule has 0 radical (unpaired) electrons. The smallest absolute Gasteiger partial charge is 0.119 e. The van der Waals surface area contributed by atoms with Gasteiger partial charge in [0.25, 0.3) is 0 Å². The quantitative estimate of drug-likeness (QED) is 0.733. The van der Waals surface area contributed by atoms with Crippen LogP contribution in [0.1, 0.15) is 50.3 Å². The fourth-order valence-electron chi connectivity index (χ4n) is 3.06. The molecular formula is C20H27N3O. The molecule has 4 heteroatoms. The van der Waals surface area contributed by atoms with Crippen molar-refractivity contribution in [3.8, 4) is 5.75 Å². The molecule has 0 saturated carbocycles. The Kier molecular flexibility index (Phi) is 5.07. The van der Waals surface area contributed by atoms with Crippen LogP contribution in [0.2, 0.25) is 0 Å². The van der Waals surface area contributed by atoms with E-state index in [0.717, 1.165) is 17.9 Å². The van der Waals surface area contributed by atoms with Crippen molar-refractivity contribution >= 4 is 5.69 Å². The standard InChI is InChI=1S/C20H27N3O/c1-13(2)15-6-10-18(11-7-15)24-14(3)19-12-20(23-22-19)16-4-8-17(21)9-5-16/h4-11,13-14,19-20,22-23H,12,21H2,1-3H3. The van der Waals surface area contributed by atoms with Crippen LogP contribution in [0, 0.1) is 0 Å². The highest BCUT2D eigenvalue weighted by Gasteiger charge is 2.30. The highest BCUT2D eigenvalue weighted by molar-refractivity contribution is 5.40. The maximum Gasteiger partial charge on any atom is 0.119 e. The molecule has 3 rings (SSSR count). The molecule has 2 aromatic carbocycles. The van der Waals surface area contributed by atoms with E-state index >= 15 is 0 Å². The van der Waals surface area contributed by atoms with Crippen molar-refractivity contribution in [2.45, 2.75) is 51.3 Å². The minimum absolute atomic E-state index is 0.0844. The Hall–Kier alpha value is -2.04. The molecule has 4 N–H and O–H groups in total. The van der Waals surface area contributed by atoms with Gasteiger partial charge in [0.2, 0.25) is 0 Å². The second-order valence-electron chi connectivity index (χ2n) is 6.90. The van der Waals surface area contributed by atoms with Crippen molar-refractivity contribution < 1.29 is 4.74 Å². The fourth-order valence-corrected chi connectivity index (χ4v) is 3.06. The molecule has 0 spiro atoms. The van der Waals surface area contributed by atoms with Crippen LogP contribution in [-0.2, 0) is 0 Å². The van der Waals surface area contributed by atoms with Gasteiger partial charge < -0.3 is 10.5 Å². The topological polar surface area (TPSA) is 59.3 Å². The molecule has 3 unspecified atom stereocenters. The molecule has 2 aromatic rings. The predicted octanol–water partition coefficient (Wildman–Crippen LogP) is 3.77. The Morgan fingerprint density at radius 2 is 1.62 bits per heavy atom. The largest absolute Gasteiger partial charge is 0.489 e. The molecule has 3 atom stereocenters. The summed E-state index contributed by atoms with van der Waals surface area (Å²) >= 11 is 0. The molecule has 128 valence electrons. The third kappa shape index (κ3) is 3.89. The van der Waals surface area contributed by atoms with Gasteiger partial charge >= 0.3 is 0 Å². The normalized spacial score (nSPS) is 21.8. The number of hydrogen-bond acceptors (Lipinski definition) is 4. The van der Waals surface area contributed by atoms with E-state index in [-0.39, 0.29) is 18.2 Å². The van der Waals surface area contributed by atoms with Gasteiger partial charge in [-0.3, -0.25) is 5.43 Å². The van der Waals surface area contributed by atoms with E-state index in [1.165, 1.54) is 11.1 Å². The summed E-state index contributed by atoms with van der Waals surface area (Å²) in [6.07, 6.45) is 1.07. The van der Waals surface area contributed by atoms with E-state index in [2.05, 4.69) is 68.0 Å². The molecule has 24 heavy (non-hydrogen) atoms. The molecule has 1 aliphatic rings. The molecule has 1 saturated heterocycles. The average Bonchev–Trinajstić information content (AvgIpc) is 3.06. The summed E-state index contributed by atoms with van der Waals surface area (Å²) in [7, 11) is 0. The number of rotatable bonds is 5. The van der Waals surface area contributed by atoms with Gasteiger partial charge in [0.15, 0.2) is 0 Å². The van der Waals surface area contributed by atoms with Crippen LogP contribution in [-0.4, -0.2) is 12.1 Å². The molecule has 1 heterocycles. The molecule has 1 aliphatic heterocycles. The Balaban J connectivity index is 1.58. The minimum Gasteiger partial charge on any atom is -0.489 e. The second kappa shape index (κ2) is 7.24. The maximum absolute atomic E-state index is 6.11. The number of nitrogens with two attached hydrogens (primary N) is 1. The second-order valence-corrected chi connectivity index (χ2v) is 6.90. The number of nitrogen functional groups attached to an aromatic ring is 1. The van der Waals surface area contributed by atoms with E-state index in [1.54, 1.807) is 0 Å². The van der Waals surface area contributed by atoms with Crippen LogP contribution in [0.4, 0.5) is 5.69 Å². The van der Waals surface area contributed by atoms with Gasteiger partial charge in [-0.05, 0) is 54.7 Å². The van der Waals surface area contributed by atoms with Crippen molar-refractivity contribution in [1.29, 1.82) is 0 Å². The number of anilines is 1. The zero-order valence-corrected chi connectivity index (χ0v) is 14.6. The van der Waals surface area contributed by atoms with Gasteiger partial charge in [0, 0.05) is 11.7 Å². The van der Waals surface area contributed by atoms with Crippen molar-refractivity contribution in [2.24, 2.45) is 0 Å². The summed E-state index contributed by atoms with van der Waals surface area (Å²) in [5.41, 5.74) is 15.9. The van der Waals surface area contributed by atoms with Crippen LogP contribution < -0.4 is 21.3 Å². The van der Waals surface area contributed by atoms with E-state index in [1.807, 2.05) is 12.1 Å². The Morgan fingerprint density at radius 3 is 2.25 bits per heavy atom. The number of hydrogen-bond donors (Lipinski definition) is 3. The van der Waals surface area contributed by atoms with Gasteiger partial charge in [0.05, 0.1) is 6.04 Å². The van der Waals surface area contributed by atoms with E-state index in [9.17, 15) is 0 Å². The first-order chi connectivity index (χ1) is 11.5. The molecule has 0 aromatic heterocycles. The first-order valence-electron chi connectivity index (χ1n) is 8.66. The van der Waals surface area contributed by atoms with Gasteiger partial charge in [-0.2, -0.15) is 0 Å². The van der Waals surface area contributed by atoms with Crippen LogP contribution in [0.25, 0.3) is 0 Å². The monoisotopic (exact) mass is 325 g/mol. The lowest BCUT2D eigenvalue weighted by Gasteiger charge is -2.21.